The minimum atomic E-state index is -0.149. The molecule has 34 heavy (non-hydrogen) atoms. The minimum Gasteiger partial charge on any atom is -0.353 e. The maximum absolute atomic E-state index is 13.6. The molecule has 4 aliphatic carbocycles. The van der Waals surface area contributed by atoms with Crippen LogP contribution in [0.3, 0.4) is 0 Å². The Kier molecular flexibility index (Phi) is 6.01. The van der Waals surface area contributed by atoms with E-state index in [9.17, 15) is 4.79 Å². The Labute approximate surface area is 205 Å². The van der Waals surface area contributed by atoms with Crippen LogP contribution in [0.2, 0.25) is 0 Å². The first-order valence-electron chi connectivity index (χ1n) is 14.0. The van der Waals surface area contributed by atoms with Crippen LogP contribution in [0.25, 0.3) is 6.08 Å². The second-order valence-electron chi connectivity index (χ2n) is 12.6. The summed E-state index contributed by atoms with van der Waals surface area (Å²) in [5, 5.41) is 0. The van der Waals surface area contributed by atoms with Gasteiger partial charge in [0, 0.05) is 12.0 Å². The molecule has 0 aromatic heterocycles. The smallest absolute Gasteiger partial charge is 0.165 e. The van der Waals surface area contributed by atoms with Gasteiger partial charge < -0.3 is 9.47 Å². The van der Waals surface area contributed by atoms with E-state index in [1.54, 1.807) is 0 Å². The van der Waals surface area contributed by atoms with E-state index in [0.717, 1.165) is 43.3 Å². The van der Waals surface area contributed by atoms with Crippen molar-refractivity contribution in [2.45, 2.75) is 96.9 Å². The minimum absolute atomic E-state index is 0.0363. The molecule has 0 spiro atoms. The second-order valence-corrected chi connectivity index (χ2v) is 12.6. The highest BCUT2D eigenvalue weighted by Crippen LogP contribution is 2.66. The first-order chi connectivity index (χ1) is 16.5. The standard InChI is InChI=1S/C31H42O3/c1-30-15-13-24(34-28-10-6-7-17-33-28)20-23(30)11-12-25-26(30)14-16-31(2)27(25)19-22(29(31)32)18-21-8-4-3-5-9-21/h3-5,8-9,18,23-28H,6-7,10-17,19-20H2,1-2H3/b22-18+/t23-,24-,25+,26-,27-,28+,30-,31-/m0/s1. The highest BCUT2D eigenvalue weighted by atomic mass is 16.7. The Hall–Kier alpha value is -1.45. The molecule has 3 nitrogen and oxygen atoms in total. The summed E-state index contributed by atoms with van der Waals surface area (Å²) >= 11 is 0. The zero-order chi connectivity index (χ0) is 23.3. The van der Waals surface area contributed by atoms with Crippen LogP contribution in [-0.2, 0) is 14.3 Å². The molecular formula is C31H42O3. The number of ketones is 1. The molecule has 0 unspecified atom stereocenters. The van der Waals surface area contributed by atoms with Gasteiger partial charge in [0.05, 0.1) is 6.10 Å². The van der Waals surface area contributed by atoms with Crippen LogP contribution in [0.15, 0.2) is 35.9 Å². The summed E-state index contributed by atoms with van der Waals surface area (Å²) < 4.78 is 12.3. The van der Waals surface area contributed by atoms with Crippen molar-refractivity contribution in [3.05, 3.63) is 41.5 Å². The average Bonchev–Trinajstić information content (AvgIpc) is 3.11. The molecule has 1 heterocycles. The van der Waals surface area contributed by atoms with Crippen molar-refractivity contribution >= 4 is 11.9 Å². The summed E-state index contributed by atoms with van der Waals surface area (Å²) in [6.07, 6.45) is 15.6. The number of fused-ring (bicyclic) bond motifs is 5. The van der Waals surface area contributed by atoms with Gasteiger partial charge in [-0.15, -0.1) is 0 Å². The number of hydrogen-bond acceptors (Lipinski definition) is 3. The van der Waals surface area contributed by atoms with Crippen LogP contribution >= 0.6 is 0 Å². The summed E-state index contributed by atoms with van der Waals surface area (Å²) in [6.45, 7) is 5.76. The molecule has 5 fully saturated rings. The van der Waals surface area contributed by atoms with Crippen molar-refractivity contribution in [2.24, 2.45) is 34.5 Å². The molecule has 3 heteroatoms. The van der Waals surface area contributed by atoms with Gasteiger partial charge in [0.15, 0.2) is 12.1 Å². The van der Waals surface area contributed by atoms with E-state index < -0.39 is 0 Å². The predicted molar refractivity (Wildman–Crippen MR) is 135 cm³/mol. The van der Waals surface area contributed by atoms with E-state index in [4.69, 9.17) is 9.47 Å². The summed E-state index contributed by atoms with van der Waals surface area (Å²) in [5.41, 5.74) is 2.51. The summed E-state index contributed by atoms with van der Waals surface area (Å²) in [7, 11) is 0. The predicted octanol–water partition coefficient (Wildman–Crippen LogP) is 7.20. The van der Waals surface area contributed by atoms with Crippen LogP contribution < -0.4 is 0 Å². The van der Waals surface area contributed by atoms with Gasteiger partial charge in [-0.1, -0.05) is 44.2 Å². The maximum atomic E-state index is 13.6. The van der Waals surface area contributed by atoms with Gasteiger partial charge >= 0.3 is 0 Å². The largest absolute Gasteiger partial charge is 0.353 e. The zero-order valence-corrected chi connectivity index (χ0v) is 21.1. The van der Waals surface area contributed by atoms with Crippen molar-refractivity contribution < 1.29 is 14.3 Å². The van der Waals surface area contributed by atoms with Crippen molar-refractivity contribution in [2.75, 3.05) is 6.61 Å². The Morgan fingerprint density at radius 2 is 1.82 bits per heavy atom. The molecule has 0 bridgehead atoms. The number of carbonyl (C=O) groups is 1. The van der Waals surface area contributed by atoms with Crippen LogP contribution in [0.1, 0.15) is 90.0 Å². The van der Waals surface area contributed by atoms with E-state index in [2.05, 4.69) is 44.2 Å². The van der Waals surface area contributed by atoms with Crippen LogP contribution in [0, 0.1) is 34.5 Å². The van der Waals surface area contributed by atoms with Crippen LogP contribution in [-0.4, -0.2) is 24.8 Å². The maximum Gasteiger partial charge on any atom is 0.165 e. The van der Waals surface area contributed by atoms with Crippen molar-refractivity contribution in [1.82, 2.24) is 0 Å². The molecular weight excluding hydrogens is 420 g/mol. The molecule has 0 amide bonds. The van der Waals surface area contributed by atoms with Gasteiger partial charge in [0.1, 0.15) is 0 Å². The van der Waals surface area contributed by atoms with Gasteiger partial charge in [-0.05, 0) is 117 Å². The molecule has 184 valence electrons. The topological polar surface area (TPSA) is 35.5 Å². The Balaban J connectivity index is 1.18. The average molecular weight is 463 g/mol. The molecule has 8 atom stereocenters. The fraction of sp³-hybridized carbons (Fsp3) is 0.710. The summed E-state index contributed by atoms with van der Waals surface area (Å²) in [6, 6.07) is 10.4. The fourth-order valence-corrected chi connectivity index (χ4v) is 8.93. The molecule has 1 saturated heterocycles. The Morgan fingerprint density at radius 1 is 0.971 bits per heavy atom. The molecule has 0 radical (unpaired) electrons. The third kappa shape index (κ3) is 3.82. The van der Waals surface area contributed by atoms with E-state index in [-0.39, 0.29) is 11.7 Å². The van der Waals surface area contributed by atoms with Gasteiger partial charge in [-0.3, -0.25) is 4.79 Å². The third-order valence-electron chi connectivity index (χ3n) is 10.9. The lowest BCUT2D eigenvalue weighted by molar-refractivity contribution is -0.211. The Bertz CT molecular complexity index is 931. The lowest BCUT2D eigenvalue weighted by Crippen LogP contribution is -2.54. The monoisotopic (exact) mass is 462 g/mol. The molecule has 4 saturated carbocycles. The number of rotatable bonds is 3. The molecule has 1 aliphatic heterocycles. The quantitative estimate of drug-likeness (QED) is 0.352. The van der Waals surface area contributed by atoms with Crippen molar-refractivity contribution in [1.29, 1.82) is 0 Å². The summed E-state index contributed by atoms with van der Waals surface area (Å²) in [4.78, 5) is 13.6. The third-order valence-corrected chi connectivity index (χ3v) is 10.9. The van der Waals surface area contributed by atoms with E-state index in [0.29, 0.717) is 29.1 Å². The van der Waals surface area contributed by atoms with Crippen molar-refractivity contribution in [3.63, 3.8) is 0 Å². The van der Waals surface area contributed by atoms with Gasteiger partial charge in [-0.25, -0.2) is 0 Å². The lowest BCUT2D eigenvalue weighted by Gasteiger charge is -2.60. The molecule has 0 N–H and O–H groups in total. The number of hydrogen-bond donors (Lipinski definition) is 0. The highest BCUT2D eigenvalue weighted by molar-refractivity contribution is 6.05. The Morgan fingerprint density at radius 3 is 2.62 bits per heavy atom. The SMILES string of the molecule is C[C@]12CC[C@H](O[C@@H]3CCCCO3)C[C@@H]1CC[C@@H]1[C@@H]2CC[C@]2(C)C(=O)/C(=C/c3ccccc3)C[C@@H]12. The lowest BCUT2D eigenvalue weighted by atomic mass is 9.45. The fourth-order valence-electron chi connectivity index (χ4n) is 8.93. The first-order valence-corrected chi connectivity index (χ1v) is 14.0. The van der Waals surface area contributed by atoms with Gasteiger partial charge in [0.2, 0.25) is 0 Å². The molecule has 1 aromatic rings. The second kappa shape index (κ2) is 8.89. The van der Waals surface area contributed by atoms with Crippen molar-refractivity contribution in [3.8, 4) is 0 Å². The summed E-state index contributed by atoms with van der Waals surface area (Å²) in [5.74, 6) is 3.19. The number of allylic oxidation sites excluding steroid dienone is 1. The molecule has 1 aromatic carbocycles. The molecule has 5 aliphatic rings. The number of carbonyl (C=O) groups excluding carboxylic acids is 1. The first kappa shape index (κ1) is 23.0. The normalized spacial score (nSPS) is 45.5. The number of ether oxygens (including phenoxy) is 2. The van der Waals surface area contributed by atoms with E-state index >= 15 is 0 Å². The van der Waals surface area contributed by atoms with E-state index in [1.165, 1.54) is 56.9 Å². The van der Waals surface area contributed by atoms with Crippen LogP contribution in [0.4, 0.5) is 0 Å². The number of Topliss-reactive ketones (excluding diaryl/α,β-unsaturated/α-hetero) is 1. The van der Waals surface area contributed by atoms with Crippen LogP contribution in [0.5, 0.6) is 0 Å². The van der Waals surface area contributed by atoms with E-state index in [1.807, 2.05) is 6.07 Å². The molecule has 6 rings (SSSR count). The number of benzene rings is 1. The highest BCUT2D eigenvalue weighted by Gasteiger charge is 2.61. The van der Waals surface area contributed by atoms with Gasteiger partial charge in [-0.2, -0.15) is 0 Å². The van der Waals surface area contributed by atoms with Gasteiger partial charge in [0.25, 0.3) is 0 Å². The zero-order valence-electron chi connectivity index (χ0n) is 21.1.